The van der Waals surface area contributed by atoms with Crippen LogP contribution in [0.25, 0.3) is 6.08 Å². The van der Waals surface area contributed by atoms with Crippen molar-refractivity contribution in [2.45, 2.75) is 32.1 Å². The van der Waals surface area contributed by atoms with Crippen LogP contribution in [0.4, 0.5) is 0 Å². The zero-order valence-corrected chi connectivity index (χ0v) is 16.9. The third-order valence-corrected chi connectivity index (χ3v) is 5.15. The molecule has 0 spiro atoms. The van der Waals surface area contributed by atoms with Crippen LogP contribution in [0.3, 0.4) is 0 Å². The van der Waals surface area contributed by atoms with E-state index in [1.165, 1.54) is 12.5 Å². The first-order chi connectivity index (χ1) is 14.1. The van der Waals surface area contributed by atoms with Gasteiger partial charge >= 0.3 is 5.97 Å². The molecule has 1 fully saturated rings. The molecule has 0 saturated heterocycles. The number of rotatable bonds is 7. The lowest BCUT2D eigenvalue weighted by Crippen LogP contribution is -2.22. The Labute approximate surface area is 171 Å². The second-order valence-corrected chi connectivity index (χ2v) is 7.09. The van der Waals surface area contributed by atoms with Crippen LogP contribution in [-0.2, 0) is 4.79 Å². The molecule has 0 aliphatic heterocycles. The number of methoxy groups -OCH3 is 2. The minimum atomic E-state index is -0.171. The summed E-state index contributed by atoms with van der Waals surface area (Å²) >= 11 is 0. The summed E-state index contributed by atoms with van der Waals surface area (Å²) in [5.74, 6) is 1.45. The van der Waals surface area contributed by atoms with Gasteiger partial charge in [0.25, 0.3) is 0 Å². The number of ether oxygens (including phenoxy) is 3. The Morgan fingerprint density at radius 3 is 2.24 bits per heavy atom. The van der Waals surface area contributed by atoms with Crippen LogP contribution in [-0.4, -0.2) is 26.0 Å². The predicted molar refractivity (Wildman–Crippen MR) is 112 cm³/mol. The molecule has 0 radical (unpaired) electrons. The number of allylic oxidation sites excluding steroid dienone is 1. The SMILES string of the molecule is COc1ccc(/C=C/C(=O)c2ccc(OC(=O)C3CCCCC3)cc2)c(OC)c1. The van der Waals surface area contributed by atoms with Gasteiger partial charge in [-0.1, -0.05) is 19.3 Å². The van der Waals surface area contributed by atoms with Gasteiger partial charge in [-0.2, -0.15) is 0 Å². The topological polar surface area (TPSA) is 61.8 Å². The minimum Gasteiger partial charge on any atom is -0.497 e. The third-order valence-electron chi connectivity index (χ3n) is 5.15. The third kappa shape index (κ3) is 5.47. The quantitative estimate of drug-likeness (QED) is 0.283. The fourth-order valence-electron chi connectivity index (χ4n) is 3.44. The Bertz CT molecular complexity index is 877. The van der Waals surface area contributed by atoms with E-state index in [9.17, 15) is 9.59 Å². The summed E-state index contributed by atoms with van der Waals surface area (Å²) in [4.78, 5) is 24.7. The van der Waals surface area contributed by atoms with Gasteiger partial charge in [0, 0.05) is 17.2 Å². The Morgan fingerprint density at radius 1 is 0.897 bits per heavy atom. The van der Waals surface area contributed by atoms with Gasteiger partial charge in [-0.25, -0.2) is 0 Å². The molecule has 0 atom stereocenters. The molecule has 2 aromatic rings. The van der Waals surface area contributed by atoms with Gasteiger partial charge in [0.15, 0.2) is 5.78 Å². The van der Waals surface area contributed by atoms with Gasteiger partial charge in [0.1, 0.15) is 17.2 Å². The fourth-order valence-corrected chi connectivity index (χ4v) is 3.44. The maximum Gasteiger partial charge on any atom is 0.314 e. The largest absolute Gasteiger partial charge is 0.497 e. The maximum absolute atomic E-state index is 12.5. The normalized spacial score (nSPS) is 14.6. The number of benzene rings is 2. The molecular weight excluding hydrogens is 368 g/mol. The Balaban J connectivity index is 1.63. The van der Waals surface area contributed by atoms with Crippen molar-refractivity contribution in [3.05, 3.63) is 59.7 Å². The molecule has 0 amide bonds. The van der Waals surface area contributed by atoms with Gasteiger partial charge in [0.2, 0.25) is 0 Å². The summed E-state index contributed by atoms with van der Waals surface area (Å²) in [5.41, 5.74) is 1.30. The average molecular weight is 394 g/mol. The summed E-state index contributed by atoms with van der Waals surface area (Å²) < 4.78 is 16.0. The van der Waals surface area contributed by atoms with E-state index in [0.717, 1.165) is 31.2 Å². The number of ketones is 1. The Hall–Kier alpha value is -3.08. The molecular formula is C24H26O5. The molecule has 29 heavy (non-hydrogen) atoms. The fraction of sp³-hybridized carbons (Fsp3) is 0.333. The summed E-state index contributed by atoms with van der Waals surface area (Å²) in [5, 5.41) is 0. The number of hydrogen-bond acceptors (Lipinski definition) is 5. The average Bonchev–Trinajstić information content (AvgIpc) is 2.78. The standard InChI is InChI=1S/C24H26O5/c1-27-21-14-10-18(23(16-21)28-2)11-15-22(25)17-8-12-20(13-9-17)29-24(26)19-6-4-3-5-7-19/h8-16,19H,3-7H2,1-2H3/b15-11+. The van der Waals surface area contributed by atoms with E-state index in [2.05, 4.69) is 0 Å². The highest BCUT2D eigenvalue weighted by Crippen LogP contribution is 2.27. The smallest absolute Gasteiger partial charge is 0.314 e. The first kappa shape index (κ1) is 20.6. The highest BCUT2D eigenvalue weighted by molar-refractivity contribution is 6.07. The molecule has 2 aromatic carbocycles. The van der Waals surface area contributed by atoms with Crippen LogP contribution in [0.1, 0.15) is 48.0 Å². The number of esters is 1. The lowest BCUT2D eigenvalue weighted by Gasteiger charge is -2.19. The molecule has 152 valence electrons. The van der Waals surface area contributed by atoms with Crippen LogP contribution in [0.15, 0.2) is 48.5 Å². The van der Waals surface area contributed by atoms with Crippen molar-refractivity contribution in [1.82, 2.24) is 0 Å². The highest BCUT2D eigenvalue weighted by atomic mass is 16.5. The van der Waals surface area contributed by atoms with E-state index in [1.54, 1.807) is 50.6 Å². The Morgan fingerprint density at radius 2 is 1.59 bits per heavy atom. The van der Waals surface area contributed by atoms with Crippen molar-refractivity contribution in [3.63, 3.8) is 0 Å². The van der Waals surface area contributed by atoms with Crippen molar-refractivity contribution >= 4 is 17.8 Å². The van der Waals surface area contributed by atoms with Gasteiger partial charge in [-0.15, -0.1) is 0 Å². The van der Waals surface area contributed by atoms with E-state index < -0.39 is 0 Å². The molecule has 0 N–H and O–H groups in total. The highest BCUT2D eigenvalue weighted by Gasteiger charge is 2.23. The van der Waals surface area contributed by atoms with Crippen LogP contribution >= 0.6 is 0 Å². The Kier molecular flexibility index (Phi) is 7.06. The van der Waals surface area contributed by atoms with Crippen molar-refractivity contribution in [1.29, 1.82) is 0 Å². The van der Waals surface area contributed by atoms with E-state index in [1.807, 2.05) is 12.1 Å². The zero-order valence-electron chi connectivity index (χ0n) is 16.9. The van der Waals surface area contributed by atoms with Gasteiger partial charge in [0.05, 0.1) is 20.1 Å². The lowest BCUT2D eigenvalue weighted by molar-refractivity contribution is -0.139. The molecule has 0 heterocycles. The first-order valence-electron chi connectivity index (χ1n) is 9.87. The molecule has 1 aliphatic rings. The molecule has 0 aromatic heterocycles. The molecule has 3 rings (SSSR count). The van der Waals surface area contributed by atoms with Crippen LogP contribution in [0, 0.1) is 5.92 Å². The molecule has 5 nitrogen and oxygen atoms in total. The van der Waals surface area contributed by atoms with Crippen LogP contribution in [0.2, 0.25) is 0 Å². The number of hydrogen-bond donors (Lipinski definition) is 0. The van der Waals surface area contributed by atoms with Crippen LogP contribution in [0.5, 0.6) is 17.2 Å². The first-order valence-corrected chi connectivity index (χ1v) is 9.87. The molecule has 0 bridgehead atoms. The van der Waals surface area contributed by atoms with Crippen molar-refractivity contribution < 1.29 is 23.8 Å². The van der Waals surface area contributed by atoms with Crippen LogP contribution < -0.4 is 14.2 Å². The van der Waals surface area contributed by atoms with E-state index in [4.69, 9.17) is 14.2 Å². The maximum atomic E-state index is 12.5. The minimum absolute atomic E-state index is 0.00697. The summed E-state index contributed by atoms with van der Waals surface area (Å²) in [6.45, 7) is 0. The molecule has 0 unspecified atom stereocenters. The van der Waals surface area contributed by atoms with Crippen molar-refractivity contribution in [3.8, 4) is 17.2 Å². The lowest BCUT2D eigenvalue weighted by atomic mass is 9.89. The molecule has 1 aliphatic carbocycles. The monoisotopic (exact) mass is 394 g/mol. The molecule has 1 saturated carbocycles. The number of carbonyl (C=O) groups excluding carboxylic acids is 2. The summed E-state index contributed by atoms with van der Waals surface area (Å²) in [6.07, 6.45) is 8.35. The van der Waals surface area contributed by atoms with Crippen molar-refractivity contribution in [2.24, 2.45) is 5.92 Å². The second-order valence-electron chi connectivity index (χ2n) is 7.09. The van der Waals surface area contributed by atoms with E-state index in [0.29, 0.717) is 22.8 Å². The predicted octanol–water partition coefficient (Wildman–Crippen LogP) is 5.09. The summed E-state index contributed by atoms with van der Waals surface area (Å²) in [7, 11) is 3.16. The van der Waals surface area contributed by atoms with Gasteiger partial charge < -0.3 is 14.2 Å². The van der Waals surface area contributed by atoms with Gasteiger partial charge in [-0.3, -0.25) is 9.59 Å². The van der Waals surface area contributed by atoms with E-state index >= 15 is 0 Å². The second kappa shape index (κ2) is 9.92. The zero-order chi connectivity index (χ0) is 20.6. The van der Waals surface area contributed by atoms with E-state index in [-0.39, 0.29) is 17.7 Å². The molecule has 5 heteroatoms. The van der Waals surface area contributed by atoms with Gasteiger partial charge in [-0.05, 0) is 61.4 Å². The summed E-state index contributed by atoms with van der Waals surface area (Å²) in [6, 6.07) is 12.1. The van der Waals surface area contributed by atoms with Crippen molar-refractivity contribution in [2.75, 3.05) is 14.2 Å². The number of carbonyl (C=O) groups is 2.